The molecule has 1 aromatic rings. The lowest BCUT2D eigenvalue weighted by atomic mass is 10.0. The molecule has 2 heterocycles. The van der Waals surface area contributed by atoms with Gasteiger partial charge in [-0.1, -0.05) is 13.3 Å². The van der Waals surface area contributed by atoms with Gasteiger partial charge in [0.1, 0.15) is 12.1 Å². The molecule has 2 rings (SSSR count). The molecule has 0 bridgehead atoms. The summed E-state index contributed by atoms with van der Waals surface area (Å²) in [5, 5.41) is 3.40. The zero-order chi connectivity index (χ0) is 13.5. The fourth-order valence-electron chi connectivity index (χ4n) is 2.68. The first-order chi connectivity index (χ1) is 9.29. The van der Waals surface area contributed by atoms with E-state index in [2.05, 4.69) is 34.0 Å². The largest absolute Gasteiger partial charge is 0.370 e. The number of aryl methyl sites for hydroxylation is 1. The van der Waals surface area contributed by atoms with Crippen LogP contribution in [0.25, 0.3) is 0 Å². The molecule has 1 fully saturated rings. The lowest BCUT2D eigenvalue weighted by Gasteiger charge is -2.33. The Morgan fingerprint density at radius 2 is 2.26 bits per heavy atom. The average Bonchev–Trinajstić information content (AvgIpc) is 2.45. The van der Waals surface area contributed by atoms with E-state index in [-0.39, 0.29) is 0 Å². The fourth-order valence-corrected chi connectivity index (χ4v) is 2.68. The Labute approximate surface area is 116 Å². The molecule has 106 valence electrons. The van der Waals surface area contributed by atoms with Gasteiger partial charge < -0.3 is 10.2 Å². The number of nitrogens with zero attached hydrogens (tertiary/aromatic N) is 3. The van der Waals surface area contributed by atoms with Gasteiger partial charge in [0.05, 0.1) is 0 Å². The first-order valence-corrected chi connectivity index (χ1v) is 7.58. The highest BCUT2D eigenvalue weighted by molar-refractivity contribution is 5.34. The normalized spacial score (nSPS) is 20.4. The second kappa shape index (κ2) is 7.43. The van der Waals surface area contributed by atoms with E-state index in [9.17, 15) is 0 Å². The van der Waals surface area contributed by atoms with Crippen molar-refractivity contribution in [1.82, 2.24) is 14.9 Å². The van der Waals surface area contributed by atoms with Crippen LogP contribution in [0, 0.1) is 0 Å². The van der Waals surface area contributed by atoms with Crippen LogP contribution in [-0.4, -0.2) is 40.5 Å². The standard InChI is InChI=1S/C15H26N4/c1-3-14-11-15(18-12-17-14)16-8-6-10-19-9-5-4-7-13(19)2/h11-13H,3-10H2,1-2H3,(H,16,17,18). The Morgan fingerprint density at radius 1 is 1.37 bits per heavy atom. The van der Waals surface area contributed by atoms with Crippen LogP contribution < -0.4 is 5.32 Å². The van der Waals surface area contributed by atoms with Crippen molar-refractivity contribution in [2.75, 3.05) is 25.0 Å². The van der Waals surface area contributed by atoms with Gasteiger partial charge in [-0.25, -0.2) is 9.97 Å². The van der Waals surface area contributed by atoms with Gasteiger partial charge in [-0.2, -0.15) is 0 Å². The smallest absolute Gasteiger partial charge is 0.129 e. The van der Waals surface area contributed by atoms with Gasteiger partial charge in [0.2, 0.25) is 0 Å². The van der Waals surface area contributed by atoms with E-state index >= 15 is 0 Å². The summed E-state index contributed by atoms with van der Waals surface area (Å²) in [5.41, 5.74) is 1.10. The van der Waals surface area contributed by atoms with E-state index in [1.165, 1.54) is 38.8 Å². The molecule has 0 saturated carbocycles. The summed E-state index contributed by atoms with van der Waals surface area (Å²) in [6.45, 7) is 7.92. The maximum Gasteiger partial charge on any atom is 0.129 e. The Hall–Kier alpha value is -1.16. The van der Waals surface area contributed by atoms with Gasteiger partial charge in [-0.05, 0) is 39.2 Å². The molecule has 1 saturated heterocycles. The first-order valence-electron chi connectivity index (χ1n) is 7.58. The molecule has 0 spiro atoms. The molecule has 0 radical (unpaired) electrons. The molecule has 1 aliphatic rings. The number of nitrogens with one attached hydrogen (secondary N) is 1. The molecule has 1 N–H and O–H groups in total. The molecule has 1 atom stereocenters. The predicted molar refractivity (Wildman–Crippen MR) is 79.4 cm³/mol. The van der Waals surface area contributed by atoms with Gasteiger partial charge in [-0.3, -0.25) is 0 Å². The van der Waals surface area contributed by atoms with Crippen LogP contribution >= 0.6 is 0 Å². The van der Waals surface area contributed by atoms with Crippen molar-refractivity contribution in [3.8, 4) is 0 Å². The summed E-state index contributed by atoms with van der Waals surface area (Å²) >= 11 is 0. The number of aromatic nitrogens is 2. The molecule has 0 amide bonds. The molecular formula is C15H26N4. The quantitative estimate of drug-likeness (QED) is 0.800. The lowest BCUT2D eigenvalue weighted by Crippen LogP contribution is -2.38. The van der Waals surface area contributed by atoms with Gasteiger partial charge in [0, 0.05) is 30.9 Å². The Bertz CT molecular complexity index is 380. The molecule has 1 unspecified atom stereocenters. The Balaban J connectivity index is 1.68. The number of anilines is 1. The number of rotatable bonds is 6. The van der Waals surface area contributed by atoms with Crippen molar-refractivity contribution in [2.24, 2.45) is 0 Å². The zero-order valence-electron chi connectivity index (χ0n) is 12.2. The van der Waals surface area contributed by atoms with Crippen molar-refractivity contribution < 1.29 is 0 Å². The number of likely N-dealkylation sites (tertiary alicyclic amines) is 1. The third-order valence-electron chi connectivity index (χ3n) is 3.95. The van der Waals surface area contributed by atoms with Crippen LogP contribution in [0.5, 0.6) is 0 Å². The van der Waals surface area contributed by atoms with Gasteiger partial charge >= 0.3 is 0 Å². The number of hydrogen-bond acceptors (Lipinski definition) is 4. The van der Waals surface area contributed by atoms with Gasteiger partial charge in [0.25, 0.3) is 0 Å². The van der Waals surface area contributed by atoms with Crippen LogP contribution in [0.1, 0.15) is 45.2 Å². The molecule has 4 heteroatoms. The van der Waals surface area contributed by atoms with E-state index in [1.807, 2.05) is 6.07 Å². The van der Waals surface area contributed by atoms with E-state index in [0.717, 1.165) is 30.5 Å². The third-order valence-corrected chi connectivity index (χ3v) is 3.95. The van der Waals surface area contributed by atoms with Crippen LogP contribution in [0.3, 0.4) is 0 Å². The fraction of sp³-hybridized carbons (Fsp3) is 0.733. The Kier molecular flexibility index (Phi) is 5.58. The minimum absolute atomic E-state index is 0.763. The van der Waals surface area contributed by atoms with E-state index < -0.39 is 0 Å². The van der Waals surface area contributed by atoms with Crippen molar-refractivity contribution in [2.45, 2.75) is 52.0 Å². The maximum atomic E-state index is 4.25. The summed E-state index contributed by atoms with van der Waals surface area (Å²) < 4.78 is 0. The molecule has 1 aliphatic heterocycles. The SMILES string of the molecule is CCc1cc(NCCCN2CCCCC2C)ncn1. The summed E-state index contributed by atoms with van der Waals surface area (Å²) in [4.78, 5) is 11.1. The summed E-state index contributed by atoms with van der Waals surface area (Å²) in [6, 6.07) is 2.81. The van der Waals surface area contributed by atoms with E-state index in [1.54, 1.807) is 6.33 Å². The van der Waals surface area contributed by atoms with Crippen LogP contribution in [0.2, 0.25) is 0 Å². The van der Waals surface area contributed by atoms with Crippen molar-refractivity contribution in [1.29, 1.82) is 0 Å². The third kappa shape index (κ3) is 4.46. The van der Waals surface area contributed by atoms with Crippen molar-refractivity contribution in [3.63, 3.8) is 0 Å². The summed E-state index contributed by atoms with van der Waals surface area (Å²) in [5.74, 6) is 0.957. The van der Waals surface area contributed by atoms with Gasteiger partial charge in [-0.15, -0.1) is 0 Å². The first kappa shape index (κ1) is 14.3. The molecular weight excluding hydrogens is 236 g/mol. The molecule has 1 aromatic heterocycles. The maximum absolute atomic E-state index is 4.25. The highest BCUT2D eigenvalue weighted by Gasteiger charge is 2.16. The zero-order valence-corrected chi connectivity index (χ0v) is 12.2. The van der Waals surface area contributed by atoms with Crippen molar-refractivity contribution >= 4 is 5.82 Å². The molecule has 0 aromatic carbocycles. The highest BCUT2D eigenvalue weighted by atomic mass is 15.2. The van der Waals surface area contributed by atoms with Crippen LogP contribution in [0.4, 0.5) is 5.82 Å². The second-order valence-corrected chi connectivity index (χ2v) is 5.41. The van der Waals surface area contributed by atoms with Crippen molar-refractivity contribution in [3.05, 3.63) is 18.1 Å². The highest BCUT2D eigenvalue weighted by Crippen LogP contribution is 2.16. The van der Waals surface area contributed by atoms with Crippen LogP contribution in [0.15, 0.2) is 12.4 Å². The summed E-state index contributed by atoms with van der Waals surface area (Å²) in [7, 11) is 0. The monoisotopic (exact) mass is 262 g/mol. The predicted octanol–water partition coefficient (Wildman–Crippen LogP) is 2.72. The topological polar surface area (TPSA) is 41.0 Å². The average molecular weight is 262 g/mol. The summed E-state index contributed by atoms with van der Waals surface area (Å²) in [6.07, 6.45) is 7.91. The van der Waals surface area contributed by atoms with E-state index in [0.29, 0.717) is 0 Å². The molecule has 19 heavy (non-hydrogen) atoms. The second-order valence-electron chi connectivity index (χ2n) is 5.41. The minimum Gasteiger partial charge on any atom is -0.370 e. The number of piperidine rings is 1. The molecule has 0 aliphatic carbocycles. The van der Waals surface area contributed by atoms with Crippen LogP contribution in [-0.2, 0) is 6.42 Å². The Morgan fingerprint density at radius 3 is 3.05 bits per heavy atom. The van der Waals surface area contributed by atoms with Gasteiger partial charge in [0.15, 0.2) is 0 Å². The molecule has 4 nitrogen and oxygen atoms in total. The van der Waals surface area contributed by atoms with E-state index in [4.69, 9.17) is 0 Å². The minimum atomic E-state index is 0.763. The lowest BCUT2D eigenvalue weighted by molar-refractivity contribution is 0.160. The number of hydrogen-bond donors (Lipinski definition) is 1.